The van der Waals surface area contributed by atoms with Gasteiger partial charge in [0, 0.05) is 24.5 Å². The van der Waals surface area contributed by atoms with Gasteiger partial charge in [-0.25, -0.2) is 15.0 Å². The molecule has 1 saturated heterocycles. The summed E-state index contributed by atoms with van der Waals surface area (Å²) in [7, 11) is 0. The van der Waals surface area contributed by atoms with E-state index in [0.717, 1.165) is 78.4 Å². The highest BCUT2D eigenvalue weighted by Gasteiger charge is 2.20. The first-order valence-electron chi connectivity index (χ1n) is 16.1. The molecular weight excluding hydrogens is 530 g/mol. The lowest BCUT2D eigenvalue weighted by Crippen LogP contribution is -2.39. The quantitative estimate of drug-likeness (QED) is 0.212. The molecule has 5 rings (SSSR count). The molecule has 0 amide bonds. The van der Waals surface area contributed by atoms with Crippen LogP contribution in [0.25, 0.3) is 33.8 Å². The van der Waals surface area contributed by atoms with E-state index in [4.69, 9.17) is 21.4 Å². The minimum Gasteiger partial charge on any atom is -0.383 e. The SMILES string of the molecule is C/C=C\C(=C/CC)c1ccc2nc(-c3cccnc3N)n(-c3ccc(CN4CCC(N)CC4)cc3)c2n1.CC.CC.CC. The number of pyridine rings is 2. The van der Waals surface area contributed by atoms with Crippen LogP contribution in [0.1, 0.15) is 85.9 Å². The summed E-state index contributed by atoms with van der Waals surface area (Å²) in [4.78, 5) is 16.8. The Morgan fingerprint density at radius 3 is 2.21 bits per heavy atom. The third-order valence-electron chi connectivity index (χ3n) is 6.88. The predicted octanol–water partition coefficient (Wildman–Crippen LogP) is 8.44. The molecule has 1 aliphatic rings. The molecule has 0 bridgehead atoms. The number of hydrogen-bond donors (Lipinski definition) is 2. The number of piperidine rings is 1. The fraction of sp³-hybridized carbons (Fsp3) is 0.417. The second kappa shape index (κ2) is 18.7. The molecule has 0 saturated carbocycles. The normalized spacial score (nSPS) is 13.9. The molecule has 232 valence electrons. The molecule has 0 spiro atoms. The number of anilines is 1. The molecular formula is C36H53N7. The van der Waals surface area contributed by atoms with Crippen molar-refractivity contribution in [1.29, 1.82) is 0 Å². The van der Waals surface area contributed by atoms with Crippen LogP contribution in [0, 0.1) is 0 Å². The number of imidazole rings is 1. The third kappa shape index (κ3) is 9.09. The Hall–Kier alpha value is -3.81. The van der Waals surface area contributed by atoms with Gasteiger partial charge in [-0.15, -0.1) is 0 Å². The number of nitrogens with zero attached hydrogens (tertiary/aromatic N) is 5. The number of nitrogen functional groups attached to an aromatic ring is 1. The number of nitrogens with two attached hydrogens (primary N) is 2. The van der Waals surface area contributed by atoms with Gasteiger partial charge in [0.15, 0.2) is 11.5 Å². The van der Waals surface area contributed by atoms with Crippen LogP contribution in [0.3, 0.4) is 0 Å². The Labute approximate surface area is 259 Å². The zero-order chi connectivity index (χ0) is 31.8. The standard InChI is InChI=1S/C30H35N7.3C2H6/c1-3-6-22(7-4-2)26-13-14-27-30(34-26)37(29(35-27)25-8-5-17-33-28(25)32)24-11-9-21(10-12-24)20-36-18-15-23(31)16-19-36;3*1-2/h3,5-14,17,23H,4,15-16,18-20,31H2,1-2H3,(H2,32,33);3*1-2H3/b6-3-,22-7+;;;. The average molecular weight is 584 g/mol. The van der Waals surface area contributed by atoms with Gasteiger partial charge in [-0.3, -0.25) is 9.47 Å². The second-order valence-corrected chi connectivity index (χ2v) is 9.59. The first-order valence-corrected chi connectivity index (χ1v) is 16.1. The zero-order valence-corrected chi connectivity index (χ0v) is 27.6. The van der Waals surface area contributed by atoms with Crippen molar-refractivity contribution in [2.75, 3.05) is 18.8 Å². The Morgan fingerprint density at radius 1 is 0.930 bits per heavy atom. The van der Waals surface area contributed by atoms with Gasteiger partial charge in [-0.1, -0.05) is 78.8 Å². The summed E-state index contributed by atoms with van der Waals surface area (Å²) in [5.41, 5.74) is 19.1. The molecule has 4 heterocycles. The highest BCUT2D eigenvalue weighted by molar-refractivity contribution is 5.85. The van der Waals surface area contributed by atoms with Gasteiger partial charge in [-0.05, 0) is 86.8 Å². The molecule has 1 aliphatic heterocycles. The van der Waals surface area contributed by atoms with Gasteiger partial charge >= 0.3 is 0 Å². The minimum absolute atomic E-state index is 0.337. The van der Waals surface area contributed by atoms with Crippen molar-refractivity contribution in [2.45, 2.75) is 87.2 Å². The fourth-order valence-corrected chi connectivity index (χ4v) is 4.93. The maximum atomic E-state index is 6.30. The Bertz CT molecular complexity index is 1430. The van der Waals surface area contributed by atoms with Gasteiger partial charge in [0.1, 0.15) is 11.3 Å². The van der Waals surface area contributed by atoms with E-state index < -0.39 is 0 Å². The first kappa shape index (κ1) is 35.4. The van der Waals surface area contributed by atoms with E-state index in [2.05, 4.69) is 57.8 Å². The Balaban J connectivity index is 0.00000101. The summed E-state index contributed by atoms with van der Waals surface area (Å²) in [6.07, 6.45) is 11.1. The Kier molecular flexibility index (Phi) is 15.4. The maximum Gasteiger partial charge on any atom is 0.165 e. The van der Waals surface area contributed by atoms with E-state index in [-0.39, 0.29) is 0 Å². The summed E-state index contributed by atoms with van der Waals surface area (Å²) < 4.78 is 2.09. The van der Waals surface area contributed by atoms with E-state index in [1.807, 2.05) is 78.8 Å². The second-order valence-electron chi connectivity index (χ2n) is 9.59. The topological polar surface area (TPSA) is 98.9 Å². The molecule has 7 heteroatoms. The monoisotopic (exact) mass is 583 g/mol. The van der Waals surface area contributed by atoms with Gasteiger partial charge in [-0.2, -0.15) is 0 Å². The zero-order valence-electron chi connectivity index (χ0n) is 27.6. The lowest BCUT2D eigenvalue weighted by molar-refractivity contribution is 0.205. The molecule has 0 aliphatic carbocycles. The molecule has 0 radical (unpaired) electrons. The highest BCUT2D eigenvalue weighted by Crippen LogP contribution is 2.31. The maximum absolute atomic E-state index is 6.30. The molecule has 7 nitrogen and oxygen atoms in total. The lowest BCUT2D eigenvalue weighted by Gasteiger charge is -2.30. The Morgan fingerprint density at radius 2 is 1.60 bits per heavy atom. The van der Waals surface area contributed by atoms with Crippen LogP contribution in [-0.4, -0.2) is 43.6 Å². The van der Waals surface area contributed by atoms with Gasteiger partial charge in [0.2, 0.25) is 0 Å². The molecule has 43 heavy (non-hydrogen) atoms. The molecule has 4 aromatic rings. The van der Waals surface area contributed by atoms with E-state index >= 15 is 0 Å². The van der Waals surface area contributed by atoms with Crippen molar-refractivity contribution in [1.82, 2.24) is 24.4 Å². The van der Waals surface area contributed by atoms with E-state index in [9.17, 15) is 0 Å². The average Bonchev–Trinajstić information content (AvgIpc) is 3.44. The summed E-state index contributed by atoms with van der Waals surface area (Å²) in [5.74, 6) is 1.18. The molecule has 0 unspecified atom stereocenters. The van der Waals surface area contributed by atoms with Crippen molar-refractivity contribution in [2.24, 2.45) is 5.73 Å². The number of likely N-dealkylation sites (tertiary alicyclic amines) is 1. The van der Waals surface area contributed by atoms with Crippen LogP contribution >= 0.6 is 0 Å². The molecule has 0 atom stereocenters. The highest BCUT2D eigenvalue weighted by atomic mass is 15.1. The number of benzene rings is 1. The fourth-order valence-electron chi connectivity index (χ4n) is 4.93. The van der Waals surface area contributed by atoms with Crippen LogP contribution in [0.15, 0.2) is 73.0 Å². The van der Waals surface area contributed by atoms with Crippen LogP contribution < -0.4 is 11.5 Å². The molecule has 1 fully saturated rings. The van der Waals surface area contributed by atoms with E-state index in [1.165, 1.54) is 5.56 Å². The van der Waals surface area contributed by atoms with Crippen LogP contribution in [0.4, 0.5) is 5.82 Å². The van der Waals surface area contributed by atoms with Crippen molar-refractivity contribution < 1.29 is 0 Å². The van der Waals surface area contributed by atoms with Gasteiger partial charge in [0.05, 0.1) is 11.3 Å². The van der Waals surface area contributed by atoms with Crippen LogP contribution in [-0.2, 0) is 6.54 Å². The van der Waals surface area contributed by atoms with Crippen molar-refractivity contribution in [3.05, 3.63) is 84.2 Å². The molecule has 4 N–H and O–H groups in total. The van der Waals surface area contributed by atoms with Crippen LogP contribution in [0.2, 0.25) is 0 Å². The number of allylic oxidation sites excluding steroid dienone is 4. The van der Waals surface area contributed by atoms with Crippen molar-refractivity contribution in [3.63, 3.8) is 0 Å². The first-order chi connectivity index (χ1) is 21.1. The van der Waals surface area contributed by atoms with E-state index in [1.54, 1.807) is 6.20 Å². The number of aromatic nitrogens is 4. The summed E-state index contributed by atoms with van der Waals surface area (Å²) in [5, 5.41) is 0. The lowest BCUT2D eigenvalue weighted by atomic mass is 10.1. The summed E-state index contributed by atoms with van der Waals surface area (Å²) >= 11 is 0. The van der Waals surface area contributed by atoms with E-state index in [0.29, 0.717) is 11.9 Å². The number of fused-ring (bicyclic) bond motifs is 1. The number of rotatable bonds is 7. The third-order valence-corrected chi connectivity index (χ3v) is 6.88. The van der Waals surface area contributed by atoms with Gasteiger partial charge in [0.25, 0.3) is 0 Å². The minimum atomic E-state index is 0.337. The summed E-state index contributed by atoms with van der Waals surface area (Å²) in [6.45, 7) is 19.2. The number of hydrogen-bond acceptors (Lipinski definition) is 6. The van der Waals surface area contributed by atoms with Crippen molar-refractivity contribution >= 4 is 22.6 Å². The largest absolute Gasteiger partial charge is 0.383 e. The summed E-state index contributed by atoms with van der Waals surface area (Å²) in [6, 6.07) is 16.9. The van der Waals surface area contributed by atoms with Crippen molar-refractivity contribution in [3.8, 4) is 17.1 Å². The molecule has 3 aromatic heterocycles. The van der Waals surface area contributed by atoms with Crippen LogP contribution in [0.5, 0.6) is 0 Å². The van der Waals surface area contributed by atoms with Gasteiger partial charge < -0.3 is 11.5 Å². The predicted molar refractivity (Wildman–Crippen MR) is 186 cm³/mol. The smallest absolute Gasteiger partial charge is 0.165 e. The molecule has 1 aromatic carbocycles.